The number of anilines is 1. The second-order valence-electron chi connectivity index (χ2n) is 5.49. The summed E-state index contributed by atoms with van der Waals surface area (Å²) in [6.07, 6.45) is 12.4. The molecule has 2 rings (SSSR count). The molecule has 0 aliphatic carbocycles. The summed E-state index contributed by atoms with van der Waals surface area (Å²) in [4.78, 5) is 4.40. The largest absolute Gasteiger partial charge is 0.353 e. The lowest BCUT2D eigenvalue weighted by Crippen LogP contribution is -2.03. The number of nitrogens with one attached hydrogen (secondary N) is 1. The normalized spacial score (nSPS) is 11.1. The van der Waals surface area contributed by atoms with Gasteiger partial charge in [-0.25, -0.2) is 4.52 Å². The quantitative estimate of drug-likeness (QED) is 0.632. The van der Waals surface area contributed by atoms with E-state index in [1.165, 1.54) is 51.4 Å². The maximum absolute atomic E-state index is 5.93. The molecule has 1 N–H and O–H groups in total. The molecule has 0 amide bonds. The number of rotatable bonds is 10. The fourth-order valence-electron chi connectivity index (χ4n) is 2.39. The first-order valence-corrected chi connectivity index (χ1v) is 8.43. The van der Waals surface area contributed by atoms with E-state index in [0.717, 1.165) is 12.2 Å². The molecule has 4 nitrogen and oxygen atoms in total. The van der Waals surface area contributed by atoms with Crippen LogP contribution in [-0.2, 0) is 0 Å². The van der Waals surface area contributed by atoms with Crippen molar-refractivity contribution in [2.24, 2.45) is 0 Å². The number of hydrogen-bond acceptors (Lipinski definition) is 3. The number of nitrogens with zero attached hydrogens (tertiary/aromatic N) is 3. The summed E-state index contributed by atoms with van der Waals surface area (Å²) < 4.78 is 1.71. The van der Waals surface area contributed by atoms with Crippen LogP contribution >= 0.6 is 11.6 Å². The highest BCUT2D eigenvalue weighted by Gasteiger charge is 2.02. The standard InChI is InChI=1S/C16H25ClN4/c1-2-3-4-5-6-7-8-9-12-18-16-19-15-11-10-14(17)13-21(15)20-16/h10-11,13H,2-9,12H2,1H3,(H,18,20). The molecule has 21 heavy (non-hydrogen) atoms. The third-order valence-corrected chi connectivity index (χ3v) is 3.83. The molecular formula is C16H25ClN4. The molecule has 5 heteroatoms. The Bertz CT molecular complexity index is 538. The molecule has 116 valence electrons. The third-order valence-electron chi connectivity index (χ3n) is 3.61. The number of pyridine rings is 1. The van der Waals surface area contributed by atoms with E-state index in [0.29, 0.717) is 11.0 Å². The van der Waals surface area contributed by atoms with Gasteiger partial charge in [0.05, 0.1) is 5.02 Å². The molecule has 2 aromatic rings. The summed E-state index contributed by atoms with van der Waals surface area (Å²) in [5, 5.41) is 8.30. The van der Waals surface area contributed by atoms with Crippen molar-refractivity contribution in [3.05, 3.63) is 23.4 Å². The first kappa shape index (κ1) is 16.1. The summed E-state index contributed by atoms with van der Waals surface area (Å²) in [6, 6.07) is 3.70. The maximum Gasteiger partial charge on any atom is 0.243 e. The number of aromatic nitrogens is 3. The van der Waals surface area contributed by atoms with E-state index < -0.39 is 0 Å². The Morgan fingerprint density at radius 1 is 1.05 bits per heavy atom. The van der Waals surface area contributed by atoms with Crippen molar-refractivity contribution in [3.63, 3.8) is 0 Å². The Kier molecular flexibility index (Phi) is 6.80. The van der Waals surface area contributed by atoms with Crippen LogP contribution in [-0.4, -0.2) is 21.1 Å². The van der Waals surface area contributed by atoms with Crippen LogP contribution in [0, 0.1) is 0 Å². The van der Waals surface area contributed by atoms with Crippen LogP contribution in [0.4, 0.5) is 5.95 Å². The van der Waals surface area contributed by atoms with Gasteiger partial charge in [-0.2, -0.15) is 4.98 Å². The topological polar surface area (TPSA) is 42.2 Å². The summed E-state index contributed by atoms with van der Waals surface area (Å²) in [5.41, 5.74) is 0.817. The van der Waals surface area contributed by atoms with Gasteiger partial charge in [0.2, 0.25) is 5.95 Å². The number of fused-ring (bicyclic) bond motifs is 1. The van der Waals surface area contributed by atoms with E-state index in [4.69, 9.17) is 11.6 Å². The van der Waals surface area contributed by atoms with Gasteiger partial charge in [-0.3, -0.25) is 0 Å². The molecule has 0 saturated carbocycles. The molecule has 0 aliphatic rings. The molecule has 0 unspecified atom stereocenters. The van der Waals surface area contributed by atoms with Crippen LogP contribution in [0.25, 0.3) is 5.65 Å². The van der Waals surface area contributed by atoms with Crippen molar-refractivity contribution in [3.8, 4) is 0 Å². The van der Waals surface area contributed by atoms with Crippen LogP contribution in [0.1, 0.15) is 58.3 Å². The van der Waals surface area contributed by atoms with Crippen LogP contribution in [0.15, 0.2) is 18.3 Å². The predicted molar refractivity (Wildman–Crippen MR) is 89.1 cm³/mol. The van der Waals surface area contributed by atoms with Gasteiger partial charge in [-0.1, -0.05) is 63.5 Å². The lowest BCUT2D eigenvalue weighted by molar-refractivity contribution is 0.581. The zero-order valence-corrected chi connectivity index (χ0v) is 13.6. The van der Waals surface area contributed by atoms with E-state index in [-0.39, 0.29) is 0 Å². The highest BCUT2D eigenvalue weighted by molar-refractivity contribution is 6.30. The second-order valence-corrected chi connectivity index (χ2v) is 5.92. The van der Waals surface area contributed by atoms with Gasteiger partial charge >= 0.3 is 0 Å². The van der Waals surface area contributed by atoms with Crippen molar-refractivity contribution in [2.45, 2.75) is 58.3 Å². The van der Waals surface area contributed by atoms with Crippen molar-refractivity contribution in [1.29, 1.82) is 0 Å². The number of unbranched alkanes of at least 4 members (excludes halogenated alkanes) is 7. The Hall–Kier alpha value is -1.29. The van der Waals surface area contributed by atoms with Crippen LogP contribution in [0.3, 0.4) is 0 Å². The van der Waals surface area contributed by atoms with Crippen LogP contribution in [0.5, 0.6) is 0 Å². The molecule has 0 bridgehead atoms. The Morgan fingerprint density at radius 3 is 2.52 bits per heavy atom. The van der Waals surface area contributed by atoms with Crippen LogP contribution in [0.2, 0.25) is 5.02 Å². The smallest absolute Gasteiger partial charge is 0.243 e. The molecule has 0 aliphatic heterocycles. The summed E-state index contributed by atoms with van der Waals surface area (Å²) in [7, 11) is 0. The lowest BCUT2D eigenvalue weighted by Gasteiger charge is -2.02. The minimum absolute atomic E-state index is 0.669. The molecule has 0 atom stereocenters. The number of halogens is 1. The molecule has 0 radical (unpaired) electrons. The zero-order valence-electron chi connectivity index (χ0n) is 12.8. The fraction of sp³-hybridized carbons (Fsp3) is 0.625. The van der Waals surface area contributed by atoms with Gasteiger partial charge in [0.15, 0.2) is 5.65 Å². The van der Waals surface area contributed by atoms with E-state index in [1.807, 2.05) is 12.1 Å². The van der Waals surface area contributed by atoms with E-state index in [9.17, 15) is 0 Å². The summed E-state index contributed by atoms with van der Waals surface area (Å²) in [5.74, 6) is 0.681. The first-order valence-electron chi connectivity index (χ1n) is 8.05. The predicted octanol–water partition coefficient (Wildman–Crippen LogP) is 4.94. The molecule has 2 heterocycles. The number of hydrogen-bond donors (Lipinski definition) is 1. The van der Waals surface area contributed by atoms with Gasteiger partial charge in [0, 0.05) is 12.7 Å². The highest BCUT2D eigenvalue weighted by Crippen LogP contribution is 2.12. The van der Waals surface area contributed by atoms with Gasteiger partial charge in [-0.05, 0) is 18.6 Å². The van der Waals surface area contributed by atoms with Crippen LogP contribution < -0.4 is 5.32 Å². The summed E-state index contributed by atoms with van der Waals surface area (Å²) >= 11 is 5.93. The molecule has 0 spiro atoms. The maximum atomic E-state index is 5.93. The highest BCUT2D eigenvalue weighted by atomic mass is 35.5. The SMILES string of the molecule is CCCCCCCCCCNc1nc2ccc(Cl)cn2n1. The van der Waals surface area contributed by atoms with E-state index in [1.54, 1.807) is 10.7 Å². The minimum Gasteiger partial charge on any atom is -0.353 e. The van der Waals surface area contributed by atoms with Gasteiger partial charge in [0.25, 0.3) is 0 Å². The fourth-order valence-corrected chi connectivity index (χ4v) is 2.55. The minimum atomic E-state index is 0.669. The zero-order chi connectivity index (χ0) is 14.9. The van der Waals surface area contributed by atoms with Gasteiger partial charge in [-0.15, -0.1) is 5.10 Å². The van der Waals surface area contributed by atoms with E-state index in [2.05, 4.69) is 22.3 Å². The Labute approximate surface area is 131 Å². The van der Waals surface area contributed by atoms with Gasteiger partial charge < -0.3 is 5.32 Å². The summed E-state index contributed by atoms with van der Waals surface area (Å²) in [6.45, 7) is 3.19. The Morgan fingerprint density at radius 2 is 1.76 bits per heavy atom. The molecule has 0 saturated heterocycles. The van der Waals surface area contributed by atoms with Crippen molar-refractivity contribution in [2.75, 3.05) is 11.9 Å². The monoisotopic (exact) mass is 308 g/mol. The first-order chi connectivity index (χ1) is 10.3. The average molecular weight is 309 g/mol. The van der Waals surface area contributed by atoms with Crippen molar-refractivity contribution in [1.82, 2.24) is 14.6 Å². The third kappa shape index (κ3) is 5.54. The van der Waals surface area contributed by atoms with E-state index >= 15 is 0 Å². The molecular weight excluding hydrogens is 284 g/mol. The average Bonchev–Trinajstić information content (AvgIpc) is 2.87. The lowest BCUT2D eigenvalue weighted by atomic mass is 10.1. The molecule has 0 fully saturated rings. The second kappa shape index (κ2) is 8.88. The Balaban J connectivity index is 1.59. The molecule has 0 aromatic carbocycles. The van der Waals surface area contributed by atoms with Crippen molar-refractivity contribution < 1.29 is 0 Å². The van der Waals surface area contributed by atoms with Crippen molar-refractivity contribution >= 4 is 23.2 Å². The molecule has 2 aromatic heterocycles. The van der Waals surface area contributed by atoms with Gasteiger partial charge in [0.1, 0.15) is 0 Å².